The zero-order valence-electron chi connectivity index (χ0n) is 7.18. The second-order valence-electron chi connectivity index (χ2n) is 3.04. The smallest absolute Gasteiger partial charge is 0.148 e. The van der Waals surface area contributed by atoms with Crippen LogP contribution in [0, 0.1) is 0 Å². The zero-order valence-corrected chi connectivity index (χ0v) is 8.77. The summed E-state index contributed by atoms with van der Waals surface area (Å²) in [5.74, 6) is 0. The average molecular weight is 248 g/mol. The van der Waals surface area contributed by atoms with E-state index in [4.69, 9.17) is 0 Å². The van der Waals surface area contributed by atoms with E-state index >= 15 is 0 Å². The molecule has 4 heteroatoms. The molecule has 0 unspecified atom stereocenters. The monoisotopic (exact) mass is 247 g/mol. The summed E-state index contributed by atoms with van der Waals surface area (Å²) in [4.78, 5) is 8.64. The highest BCUT2D eigenvalue weighted by Crippen LogP contribution is 2.25. The van der Waals surface area contributed by atoms with Crippen molar-refractivity contribution in [3.63, 3.8) is 0 Å². The Balaban J connectivity index is 2.67. The van der Waals surface area contributed by atoms with E-state index in [9.17, 15) is 0 Å². The van der Waals surface area contributed by atoms with Crippen LogP contribution in [0.25, 0.3) is 16.6 Å². The van der Waals surface area contributed by atoms with E-state index in [1.165, 1.54) is 0 Å². The number of rotatable bonds is 0. The maximum Gasteiger partial charge on any atom is 0.148 e. The first-order valence-electron chi connectivity index (χ1n) is 4.22. The third-order valence-electron chi connectivity index (χ3n) is 2.21. The Morgan fingerprint density at radius 1 is 1.21 bits per heavy atom. The van der Waals surface area contributed by atoms with Crippen LogP contribution in [0.15, 0.2) is 41.4 Å². The average Bonchev–Trinajstić information content (AvgIpc) is 2.65. The van der Waals surface area contributed by atoms with Gasteiger partial charge in [-0.05, 0) is 28.1 Å². The molecular formula is C10H6BrN3. The van der Waals surface area contributed by atoms with Crippen molar-refractivity contribution in [1.82, 2.24) is 14.4 Å². The molecule has 0 spiro atoms. The highest BCUT2D eigenvalue weighted by molar-refractivity contribution is 9.10. The minimum atomic E-state index is 0.933. The Hall–Kier alpha value is -1.42. The quantitative estimate of drug-likeness (QED) is 0.612. The van der Waals surface area contributed by atoms with E-state index < -0.39 is 0 Å². The lowest BCUT2D eigenvalue weighted by Crippen LogP contribution is -1.89. The van der Waals surface area contributed by atoms with E-state index in [0.717, 1.165) is 21.0 Å². The number of hydrogen-bond donors (Lipinski definition) is 0. The van der Waals surface area contributed by atoms with Gasteiger partial charge in [0.1, 0.15) is 12.0 Å². The molecule has 0 radical (unpaired) electrons. The Morgan fingerprint density at radius 3 is 3.07 bits per heavy atom. The summed E-state index contributed by atoms with van der Waals surface area (Å²) < 4.78 is 2.94. The number of nitrogens with zero attached hydrogens (tertiary/aromatic N) is 3. The normalized spacial score (nSPS) is 11.2. The molecule has 3 rings (SSSR count). The van der Waals surface area contributed by atoms with Gasteiger partial charge in [-0.15, -0.1) is 0 Å². The van der Waals surface area contributed by atoms with Gasteiger partial charge in [0.2, 0.25) is 0 Å². The van der Waals surface area contributed by atoms with Gasteiger partial charge < -0.3 is 0 Å². The number of halogens is 1. The zero-order chi connectivity index (χ0) is 9.54. The van der Waals surface area contributed by atoms with Crippen LogP contribution in [-0.4, -0.2) is 14.4 Å². The Morgan fingerprint density at radius 2 is 2.14 bits per heavy atom. The Kier molecular flexibility index (Phi) is 1.58. The highest BCUT2D eigenvalue weighted by atomic mass is 79.9. The lowest BCUT2D eigenvalue weighted by Gasteiger charge is -2.01. The van der Waals surface area contributed by atoms with Crippen LogP contribution < -0.4 is 0 Å². The van der Waals surface area contributed by atoms with Crippen molar-refractivity contribution in [3.05, 3.63) is 41.4 Å². The molecule has 2 heterocycles. The largest absolute Gasteiger partial charge is 0.290 e. The fraction of sp³-hybridized carbons (Fsp3) is 0. The third kappa shape index (κ3) is 0.974. The first-order valence-corrected chi connectivity index (χ1v) is 5.01. The van der Waals surface area contributed by atoms with Crippen LogP contribution in [0.2, 0.25) is 0 Å². The first-order chi connectivity index (χ1) is 6.86. The maximum absolute atomic E-state index is 4.34. The van der Waals surface area contributed by atoms with Gasteiger partial charge in [-0.25, -0.2) is 9.97 Å². The number of aromatic nitrogens is 3. The van der Waals surface area contributed by atoms with E-state index in [1.807, 2.05) is 28.8 Å². The molecule has 68 valence electrons. The van der Waals surface area contributed by atoms with Crippen molar-refractivity contribution in [2.45, 2.75) is 0 Å². The van der Waals surface area contributed by atoms with Gasteiger partial charge in [-0.1, -0.05) is 6.07 Å². The molecule has 0 aliphatic carbocycles. The predicted octanol–water partition coefficient (Wildman–Crippen LogP) is 2.65. The number of benzene rings is 1. The van der Waals surface area contributed by atoms with Crippen molar-refractivity contribution in [3.8, 4) is 0 Å². The second-order valence-corrected chi connectivity index (χ2v) is 3.89. The summed E-state index contributed by atoms with van der Waals surface area (Å²) in [5.41, 5.74) is 1.89. The van der Waals surface area contributed by atoms with E-state index in [0.29, 0.717) is 0 Å². The molecule has 0 bridgehead atoms. The fourth-order valence-electron chi connectivity index (χ4n) is 1.57. The van der Waals surface area contributed by atoms with Gasteiger partial charge in [-0.2, -0.15) is 0 Å². The van der Waals surface area contributed by atoms with Crippen molar-refractivity contribution < 1.29 is 0 Å². The van der Waals surface area contributed by atoms with Gasteiger partial charge in [0, 0.05) is 16.9 Å². The molecule has 0 amide bonds. The standard InChI is InChI=1S/C10H6BrN3/c11-7-2-1-3-8-9(7)10-12-4-5-14(10)6-13-8/h1-6H. The number of hydrogen-bond acceptors (Lipinski definition) is 2. The number of imidazole rings is 1. The van der Waals surface area contributed by atoms with E-state index in [2.05, 4.69) is 25.9 Å². The van der Waals surface area contributed by atoms with Crippen molar-refractivity contribution in [1.29, 1.82) is 0 Å². The molecule has 0 N–H and O–H groups in total. The molecule has 3 nitrogen and oxygen atoms in total. The summed E-state index contributed by atoms with van der Waals surface area (Å²) >= 11 is 3.51. The van der Waals surface area contributed by atoms with Crippen molar-refractivity contribution >= 4 is 32.5 Å². The van der Waals surface area contributed by atoms with Gasteiger partial charge in [0.05, 0.1) is 10.9 Å². The van der Waals surface area contributed by atoms with Gasteiger partial charge in [0.25, 0.3) is 0 Å². The van der Waals surface area contributed by atoms with E-state index in [-0.39, 0.29) is 0 Å². The molecule has 14 heavy (non-hydrogen) atoms. The fourth-order valence-corrected chi connectivity index (χ4v) is 2.10. The van der Waals surface area contributed by atoms with E-state index in [1.54, 1.807) is 12.5 Å². The summed E-state index contributed by atoms with van der Waals surface area (Å²) in [5, 5.41) is 1.06. The predicted molar refractivity (Wildman–Crippen MR) is 58.2 cm³/mol. The number of fused-ring (bicyclic) bond motifs is 3. The molecular weight excluding hydrogens is 242 g/mol. The summed E-state index contributed by atoms with van der Waals surface area (Å²) in [6.07, 6.45) is 5.44. The van der Waals surface area contributed by atoms with Gasteiger partial charge in [-0.3, -0.25) is 4.40 Å². The Bertz CT molecular complexity index is 615. The first kappa shape index (κ1) is 7.94. The highest BCUT2D eigenvalue weighted by Gasteiger charge is 2.05. The second kappa shape index (κ2) is 2.78. The Labute approximate surface area is 88.5 Å². The molecule has 3 aromatic rings. The minimum absolute atomic E-state index is 0.933. The maximum atomic E-state index is 4.34. The lowest BCUT2D eigenvalue weighted by molar-refractivity contribution is 1.12. The van der Waals surface area contributed by atoms with Crippen LogP contribution in [0.3, 0.4) is 0 Å². The van der Waals surface area contributed by atoms with Crippen LogP contribution in [0.4, 0.5) is 0 Å². The van der Waals surface area contributed by atoms with Crippen molar-refractivity contribution in [2.24, 2.45) is 0 Å². The molecule has 0 aliphatic rings. The molecule has 1 aromatic carbocycles. The van der Waals surface area contributed by atoms with Gasteiger partial charge >= 0.3 is 0 Å². The molecule has 0 aliphatic heterocycles. The molecule has 0 saturated carbocycles. The van der Waals surface area contributed by atoms with Crippen LogP contribution in [0.1, 0.15) is 0 Å². The molecule has 0 saturated heterocycles. The lowest BCUT2D eigenvalue weighted by atomic mass is 10.2. The summed E-state index contributed by atoms with van der Waals surface area (Å²) in [6.45, 7) is 0. The summed E-state index contributed by atoms with van der Waals surface area (Å²) in [6, 6.07) is 5.95. The molecule has 2 aromatic heterocycles. The summed E-state index contributed by atoms with van der Waals surface area (Å²) in [7, 11) is 0. The minimum Gasteiger partial charge on any atom is -0.290 e. The molecule has 0 fully saturated rings. The van der Waals surface area contributed by atoms with Crippen LogP contribution in [-0.2, 0) is 0 Å². The molecule has 0 atom stereocenters. The van der Waals surface area contributed by atoms with Gasteiger partial charge in [0.15, 0.2) is 0 Å². The van der Waals surface area contributed by atoms with Crippen molar-refractivity contribution in [2.75, 3.05) is 0 Å². The van der Waals surface area contributed by atoms with Crippen LogP contribution >= 0.6 is 15.9 Å². The SMILES string of the molecule is Brc1cccc2ncn3ccnc3c12. The van der Waals surface area contributed by atoms with Crippen LogP contribution in [0.5, 0.6) is 0 Å². The topological polar surface area (TPSA) is 30.2 Å². The third-order valence-corrected chi connectivity index (χ3v) is 2.87.